The Morgan fingerprint density at radius 3 is 1.67 bits per heavy atom. The lowest BCUT2D eigenvalue weighted by Crippen LogP contribution is -2.22. The average molecular weight is 366 g/mol. The first-order valence-electron chi connectivity index (χ1n) is 5.22. The van der Waals surface area contributed by atoms with Gasteiger partial charge in [-0.1, -0.05) is 0 Å². The van der Waals surface area contributed by atoms with Gasteiger partial charge in [-0.3, -0.25) is 27.7 Å². The van der Waals surface area contributed by atoms with Crippen LogP contribution in [0.4, 0.5) is 0 Å². The number of thiol groups is 1. The van der Waals surface area contributed by atoms with Gasteiger partial charge in [0, 0.05) is 28.4 Å². The number of hydrogen-bond donors (Lipinski definition) is 1. The number of phosphoric acid groups is 2. The van der Waals surface area contributed by atoms with E-state index in [4.69, 9.17) is 0 Å². The summed E-state index contributed by atoms with van der Waals surface area (Å²) < 4.78 is 49.5. The molecule has 0 amide bonds. The van der Waals surface area contributed by atoms with Crippen LogP contribution in [-0.4, -0.2) is 45.6 Å². The monoisotopic (exact) mass is 366 g/mol. The summed E-state index contributed by atoms with van der Waals surface area (Å²) in [5.41, 5.74) is 0. The molecular formula is C8H16O10P2S. The maximum absolute atomic E-state index is 11.6. The predicted molar refractivity (Wildman–Crippen MR) is 72.8 cm³/mol. The Kier molecular flexibility index (Phi) is 8.72. The number of carbonyl (C=O) groups is 2. The van der Waals surface area contributed by atoms with Crippen molar-refractivity contribution in [2.45, 2.75) is 11.7 Å². The second kappa shape index (κ2) is 8.89. The fourth-order valence-electron chi connectivity index (χ4n) is 0.872. The maximum atomic E-state index is 11.6. The van der Waals surface area contributed by atoms with Crippen LogP contribution < -0.4 is 0 Å². The van der Waals surface area contributed by atoms with Gasteiger partial charge in [0.1, 0.15) is 5.25 Å². The molecule has 10 nitrogen and oxygen atoms in total. The average Bonchev–Trinajstić information content (AvgIpc) is 2.46. The van der Waals surface area contributed by atoms with Crippen molar-refractivity contribution in [2.24, 2.45) is 0 Å². The van der Waals surface area contributed by atoms with E-state index >= 15 is 0 Å². The van der Waals surface area contributed by atoms with Gasteiger partial charge in [-0.15, -0.1) is 0 Å². The van der Waals surface area contributed by atoms with Crippen LogP contribution in [0.25, 0.3) is 0 Å². The molecule has 0 aliphatic heterocycles. The van der Waals surface area contributed by atoms with E-state index in [1.807, 2.05) is 0 Å². The van der Waals surface area contributed by atoms with E-state index < -0.39 is 39.3 Å². The summed E-state index contributed by atoms with van der Waals surface area (Å²) in [4.78, 5) is 23.0. The van der Waals surface area contributed by atoms with Crippen molar-refractivity contribution in [3.8, 4) is 0 Å². The highest BCUT2D eigenvalue weighted by molar-refractivity contribution is 7.81. The molecule has 1 atom stereocenters. The first-order valence-corrected chi connectivity index (χ1v) is 8.66. The summed E-state index contributed by atoms with van der Waals surface area (Å²) in [5, 5.41) is -1.35. The van der Waals surface area contributed by atoms with Gasteiger partial charge in [0.2, 0.25) is 0 Å². The molecule has 0 saturated carbocycles. The van der Waals surface area contributed by atoms with Gasteiger partial charge >= 0.3 is 27.6 Å². The largest absolute Gasteiger partial charge is 0.531 e. The first kappa shape index (κ1) is 20.6. The Bertz CT molecular complexity index is 450. The molecule has 124 valence electrons. The van der Waals surface area contributed by atoms with Gasteiger partial charge in [-0.2, -0.15) is 12.6 Å². The van der Waals surface area contributed by atoms with Crippen LogP contribution in [0.1, 0.15) is 6.42 Å². The lowest BCUT2D eigenvalue weighted by atomic mass is 10.3. The van der Waals surface area contributed by atoms with E-state index in [0.29, 0.717) is 0 Å². The van der Waals surface area contributed by atoms with Gasteiger partial charge < -0.3 is 9.05 Å². The zero-order valence-corrected chi connectivity index (χ0v) is 14.4. The van der Waals surface area contributed by atoms with Crippen molar-refractivity contribution in [3.63, 3.8) is 0 Å². The smallest absolute Gasteiger partial charge is 0.370 e. The van der Waals surface area contributed by atoms with Gasteiger partial charge in [0.25, 0.3) is 0 Å². The molecule has 0 radical (unpaired) electrons. The minimum Gasteiger partial charge on any atom is -0.370 e. The van der Waals surface area contributed by atoms with Crippen molar-refractivity contribution < 1.29 is 45.9 Å². The highest BCUT2D eigenvalue weighted by Crippen LogP contribution is 2.49. The lowest BCUT2D eigenvalue weighted by Gasteiger charge is -2.16. The van der Waals surface area contributed by atoms with Gasteiger partial charge in [0.05, 0.1) is 6.42 Å². The van der Waals surface area contributed by atoms with Crippen LogP contribution in [0.15, 0.2) is 0 Å². The minimum atomic E-state index is -4.04. The summed E-state index contributed by atoms with van der Waals surface area (Å²) in [6.07, 6.45) is -0.633. The Morgan fingerprint density at radius 2 is 1.29 bits per heavy atom. The Balaban J connectivity index is 4.59. The van der Waals surface area contributed by atoms with Crippen molar-refractivity contribution in [1.82, 2.24) is 0 Å². The Hall–Kier alpha value is -0.410. The first-order chi connectivity index (χ1) is 9.65. The molecule has 0 heterocycles. The molecule has 1 unspecified atom stereocenters. The maximum Gasteiger partial charge on any atom is 0.531 e. The normalized spacial score (nSPS) is 13.6. The summed E-state index contributed by atoms with van der Waals surface area (Å²) >= 11 is 3.78. The molecule has 0 aliphatic carbocycles. The van der Waals surface area contributed by atoms with E-state index in [0.717, 1.165) is 28.4 Å². The van der Waals surface area contributed by atoms with Crippen molar-refractivity contribution in [1.29, 1.82) is 0 Å². The molecule has 0 N–H and O–H groups in total. The zero-order chi connectivity index (χ0) is 16.7. The summed E-state index contributed by atoms with van der Waals surface area (Å²) in [7, 11) is -4.02. The van der Waals surface area contributed by atoms with E-state index in [1.165, 1.54) is 0 Å². The predicted octanol–water partition coefficient (Wildman–Crippen LogP) is 1.56. The van der Waals surface area contributed by atoms with Gasteiger partial charge in [-0.25, -0.2) is 9.13 Å². The second-order valence-electron chi connectivity index (χ2n) is 3.22. The third-order valence-corrected chi connectivity index (χ3v) is 4.95. The Morgan fingerprint density at radius 1 is 0.905 bits per heavy atom. The van der Waals surface area contributed by atoms with E-state index in [-0.39, 0.29) is 0 Å². The summed E-state index contributed by atoms with van der Waals surface area (Å²) in [6, 6.07) is 0. The van der Waals surface area contributed by atoms with Crippen LogP contribution in [0.3, 0.4) is 0 Å². The SMILES string of the molecule is COP(=O)(OC)OC(=O)CC(S)C(=O)OP(=O)(OC)OC. The van der Waals surface area contributed by atoms with Gasteiger partial charge in [-0.05, 0) is 0 Å². The van der Waals surface area contributed by atoms with E-state index in [9.17, 15) is 18.7 Å². The number of hydrogen-bond acceptors (Lipinski definition) is 11. The molecule has 0 aromatic heterocycles. The van der Waals surface area contributed by atoms with Crippen LogP contribution >= 0.6 is 28.3 Å². The molecular weight excluding hydrogens is 350 g/mol. The quantitative estimate of drug-likeness (QED) is 0.475. The van der Waals surface area contributed by atoms with Crippen molar-refractivity contribution in [2.75, 3.05) is 28.4 Å². The fourth-order valence-corrected chi connectivity index (χ4v) is 2.43. The minimum absolute atomic E-state index is 0.633. The molecule has 0 aromatic rings. The fraction of sp³-hybridized carbons (Fsp3) is 0.750. The summed E-state index contributed by atoms with van der Waals surface area (Å²) in [6.45, 7) is 0. The molecule has 0 fully saturated rings. The molecule has 0 saturated heterocycles. The molecule has 0 rings (SSSR count). The highest BCUT2D eigenvalue weighted by atomic mass is 32.1. The van der Waals surface area contributed by atoms with Crippen LogP contribution in [0, 0.1) is 0 Å². The van der Waals surface area contributed by atoms with Crippen LogP contribution in [-0.2, 0) is 45.9 Å². The lowest BCUT2D eigenvalue weighted by molar-refractivity contribution is -0.142. The summed E-state index contributed by atoms with van der Waals surface area (Å²) in [5.74, 6) is -2.24. The number of rotatable bonds is 9. The third kappa shape index (κ3) is 6.92. The number of phosphoric ester groups is 2. The van der Waals surface area contributed by atoms with Crippen molar-refractivity contribution >= 4 is 40.2 Å². The zero-order valence-electron chi connectivity index (χ0n) is 11.7. The standard InChI is InChI=1S/C8H16O10P2S/c1-13-19(11,14-2)17-7(9)5-6(21)8(10)18-20(12,15-3)16-4/h6,21H,5H2,1-4H3. The Labute approximate surface area is 127 Å². The third-order valence-electron chi connectivity index (χ3n) is 1.94. The van der Waals surface area contributed by atoms with Crippen molar-refractivity contribution in [3.05, 3.63) is 0 Å². The van der Waals surface area contributed by atoms with Gasteiger partial charge in [0.15, 0.2) is 0 Å². The molecule has 0 aromatic carbocycles. The molecule has 21 heavy (non-hydrogen) atoms. The van der Waals surface area contributed by atoms with Crippen LogP contribution in [0.5, 0.6) is 0 Å². The van der Waals surface area contributed by atoms with E-state index in [2.05, 4.69) is 39.8 Å². The topological polar surface area (TPSA) is 124 Å². The van der Waals surface area contributed by atoms with Crippen LogP contribution in [0.2, 0.25) is 0 Å². The second-order valence-corrected chi connectivity index (χ2v) is 7.46. The molecule has 0 aliphatic rings. The molecule has 0 spiro atoms. The highest BCUT2D eigenvalue weighted by Gasteiger charge is 2.34. The van der Waals surface area contributed by atoms with E-state index in [1.54, 1.807) is 0 Å². The molecule has 0 bridgehead atoms. The number of carbonyl (C=O) groups excluding carboxylic acids is 2. The molecule has 13 heteroatoms.